The number of hydrogen-bond donors (Lipinski definition) is 0. The van der Waals surface area contributed by atoms with Crippen molar-refractivity contribution in [1.29, 1.82) is 0 Å². The molecule has 0 aliphatic heterocycles. The lowest BCUT2D eigenvalue weighted by atomic mass is 9.88. The predicted molar refractivity (Wildman–Crippen MR) is 136 cm³/mol. The molecule has 0 unspecified atom stereocenters. The van der Waals surface area contributed by atoms with Crippen molar-refractivity contribution in [3.8, 4) is 37.6 Å². The number of terminal acetylenes is 3. The molecule has 0 aliphatic rings. The maximum absolute atomic E-state index is 12.7. The van der Waals surface area contributed by atoms with E-state index in [2.05, 4.69) is 0 Å². The first kappa shape index (κ1) is 23.9. The summed E-state index contributed by atoms with van der Waals surface area (Å²) in [6.07, 6.45) is 21.0. The Morgan fingerprint density at radius 1 is 0.500 bits per heavy atom. The highest BCUT2D eigenvalue weighted by Crippen LogP contribution is 2.39. The summed E-state index contributed by atoms with van der Waals surface area (Å²) in [5.41, 5.74) is 2.74. The zero-order valence-electron chi connectivity index (χ0n) is 19.6. The Kier molecular flexibility index (Phi) is 6.09. The Labute approximate surface area is 207 Å². The molecular formula is C30H18O6. The van der Waals surface area contributed by atoms with E-state index in [0.29, 0.717) is 21.7 Å². The number of fused-ring (bicyclic) bond motifs is 6. The van der Waals surface area contributed by atoms with Crippen LogP contribution in [0.2, 0.25) is 0 Å². The molecule has 0 amide bonds. The third-order valence-electron chi connectivity index (χ3n) is 6.14. The third kappa shape index (κ3) is 3.86. The van der Waals surface area contributed by atoms with E-state index in [0.717, 1.165) is 27.3 Å². The van der Waals surface area contributed by atoms with E-state index in [1.807, 2.05) is 50.4 Å². The number of carbonyl (C=O) groups excluding carboxylic acids is 3. The van der Waals surface area contributed by atoms with Gasteiger partial charge in [-0.3, -0.25) is 0 Å². The number of aryl methyl sites for hydroxylation is 3. The summed E-state index contributed by atoms with van der Waals surface area (Å²) in [6, 6.07) is 10.5. The maximum Gasteiger partial charge on any atom is 0.352 e. The number of ether oxygens (including phenoxy) is 3. The van der Waals surface area contributed by atoms with Crippen molar-refractivity contribution in [1.82, 2.24) is 0 Å². The highest BCUT2D eigenvalue weighted by molar-refractivity contribution is 6.28. The Morgan fingerprint density at radius 2 is 0.778 bits per heavy atom. The van der Waals surface area contributed by atoms with Crippen LogP contribution in [0.1, 0.15) is 47.8 Å². The van der Waals surface area contributed by atoms with Gasteiger partial charge in [-0.25, -0.2) is 14.4 Å². The summed E-state index contributed by atoms with van der Waals surface area (Å²) in [5, 5.41) is 4.35. The maximum atomic E-state index is 12.7. The highest BCUT2D eigenvalue weighted by atomic mass is 16.5. The molecule has 0 heterocycles. The van der Waals surface area contributed by atoms with Crippen molar-refractivity contribution in [2.24, 2.45) is 0 Å². The largest absolute Gasteiger partial charge is 0.369 e. The zero-order chi connectivity index (χ0) is 26.1. The predicted octanol–water partition coefficient (Wildman–Crippen LogP) is 5.31. The van der Waals surface area contributed by atoms with E-state index in [1.165, 1.54) is 12.1 Å². The van der Waals surface area contributed by atoms with Crippen LogP contribution in [0.25, 0.3) is 32.3 Å². The minimum Gasteiger partial charge on any atom is -0.369 e. The second-order valence-electron chi connectivity index (χ2n) is 8.16. The van der Waals surface area contributed by atoms with Crippen molar-refractivity contribution in [2.45, 2.75) is 20.8 Å². The van der Waals surface area contributed by atoms with E-state index in [-0.39, 0.29) is 16.7 Å². The van der Waals surface area contributed by atoms with Gasteiger partial charge < -0.3 is 14.2 Å². The molecule has 0 atom stereocenters. The van der Waals surface area contributed by atoms with Gasteiger partial charge in [-0.05, 0) is 94.0 Å². The van der Waals surface area contributed by atoms with E-state index < -0.39 is 17.9 Å². The molecule has 36 heavy (non-hydrogen) atoms. The van der Waals surface area contributed by atoms with E-state index in [9.17, 15) is 14.4 Å². The van der Waals surface area contributed by atoms with Crippen molar-refractivity contribution in [3.63, 3.8) is 0 Å². The van der Waals surface area contributed by atoms with Crippen molar-refractivity contribution < 1.29 is 28.6 Å². The minimum atomic E-state index is -0.934. The van der Waals surface area contributed by atoms with Crippen LogP contribution >= 0.6 is 0 Å². The summed E-state index contributed by atoms with van der Waals surface area (Å²) in [5.74, 6) is -2.54. The zero-order valence-corrected chi connectivity index (χ0v) is 19.6. The molecule has 4 aromatic rings. The first-order valence-corrected chi connectivity index (χ1v) is 10.7. The van der Waals surface area contributed by atoms with Crippen LogP contribution in [0.4, 0.5) is 0 Å². The van der Waals surface area contributed by atoms with Gasteiger partial charge in [0.1, 0.15) is 18.3 Å². The highest BCUT2D eigenvalue weighted by Gasteiger charge is 2.24. The molecule has 0 N–H and O–H groups in total. The molecule has 0 spiro atoms. The molecule has 6 nitrogen and oxygen atoms in total. The van der Waals surface area contributed by atoms with E-state index >= 15 is 0 Å². The summed E-state index contributed by atoms with van der Waals surface area (Å²) in [7, 11) is 0. The molecule has 0 aliphatic carbocycles. The normalized spacial score (nSPS) is 10.3. The van der Waals surface area contributed by atoms with Crippen LogP contribution in [0.3, 0.4) is 0 Å². The standard InChI is InChI=1S/C30H18O6/c1-7-34-28(31)19-13-23-22(12-18(19)6)20-10-16(4)17(5)11-21(20)24-14-26(29(32)35-8-2)27(15-25(23)24)30(33)36-9-3/h1-3,10-15H,4-6H3. The van der Waals surface area contributed by atoms with Gasteiger partial charge >= 0.3 is 17.9 Å². The minimum absolute atomic E-state index is 0.112. The number of hydrogen-bond acceptors (Lipinski definition) is 6. The Hall–Kier alpha value is -5.25. The first-order valence-electron chi connectivity index (χ1n) is 10.7. The number of carbonyl (C=O) groups is 3. The quantitative estimate of drug-likeness (QED) is 0.173. The van der Waals surface area contributed by atoms with Crippen LogP contribution in [0.5, 0.6) is 0 Å². The lowest BCUT2D eigenvalue weighted by Gasteiger charge is -2.16. The number of rotatable bonds is 3. The van der Waals surface area contributed by atoms with Gasteiger partial charge in [-0.15, -0.1) is 0 Å². The molecule has 0 saturated heterocycles. The van der Waals surface area contributed by atoms with Crippen LogP contribution in [-0.4, -0.2) is 17.9 Å². The number of esters is 3. The molecule has 0 radical (unpaired) electrons. The molecular weight excluding hydrogens is 456 g/mol. The summed E-state index contributed by atoms with van der Waals surface area (Å²) in [4.78, 5) is 37.9. The van der Waals surface area contributed by atoms with E-state index in [1.54, 1.807) is 13.0 Å². The monoisotopic (exact) mass is 474 g/mol. The fourth-order valence-corrected chi connectivity index (χ4v) is 4.34. The lowest BCUT2D eigenvalue weighted by Crippen LogP contribution is -2.12. The second kappa shape index (κ2) is 9.18. The SMILES string of the molecule is C#COC(=O)c1cc2c(cc1C)c1cc(C)c(C)cc1c1cc(C(=O)OC#C)c(C(=O)OC#C)cc21. The second-order valence-corrected chi connectivity index (χ2v) is 8.16. The molecule has 0 fully saturated rings. The number of benzene rings is 4. The Morgan fingerprint density at radius 3 is 1.14 bits per heavy atom. The summed E-state index contributed by atoms with van der Waals surface area (Å²) >= 11 is 0. The van der Waals surface area contributed by atoms with Crippen molar-refractivity contribution >= 4 is 50.2 Å². The Balaban J connectivity index is 2.26. The van der Waals surface area contributed by atoms with Gasteiger partial charge in [-0.2, -0.15) is 0 Å². The molecule has 4 aromatic carbocycles. The van der Waals surface area contributed by atoms with Crippen LogP contribution < -0.4 is 0 Å². The van der Waals surface area contributed by atoms with Crippen molar-refractivity contribution in [2.75, 3.05) is 0 Å². The van der Waals surface area contributed by atoms with Crippen LogP contribution in [0, 0.1) is 58.4 Å². The fourth-order valence-electron chi connectivity index (χ4n) is 4.34. The smallest absolute Gasteiger partial charge is 0.352 e. The fraction of sp³-hybridized carbons (Fsp3) is 0.100. The average Bonchev–Trinajstić information content (AvgIpc) is 2.84. The summed E-state index contributed by atoms with van der Waals surface area (Å²) in [6.45, 7) is 5.74. The van der Waals surface area contributed by atoms with Crippen molar-refractivity contribution in [3.05, 3.63) is 69.8 Å². The lowest BCUT2D eigenvalue weighted by molar-refractivity contribution is 0.0647. The van der Waals surface area contributed by atoms with Crippen LogP contribution in [-0.2, 0) is 14.2 Å². The van der Waals surface area contributed by atoms with Gasteiger partial charge in [0.15, 0.2) is 0 Å². The van der Waals surface area contributed by atoms with Gasteiger partial charge in [0.25, 0.3) is 0 Å². The summed E-state index contributed by atoms with van der Waals surface area (Å²) < 4.78 is 14.2. The first-order chi connectivity index (χ1) is 17.2. The molecule has 4 rings (SSSR count). The third-order valence-corrected chi connectivity index (χ3v) is 6.14. The molecule has 0 aromatic heterocycles. The van der Waals surface area contributed by atoms with Gasteiger partial charge in [-0.1, -0.05) is 31.4 Å². The molecule has 0 saturated carbocycles. The average molecular weight is 474 g/mol. The van der Waals surface area contributed by atoms with Gasteiger partial charge in [0, 0.05) is 0 Å². The van der Waals surface area contributed by atoms with E-state index in [4.69, 9.17) is 33.5 Å². The van der Waals surface area contributed by atoms with Crippen LogP contribution in [0.15, 0.2) is 36.4 Å². The molecule has 174 valence electrons. The Bertz CT molecular complexity index is 1750. The topological polar surface area (TPSA) is 78.9 Å². The molecule has 6 heteroatoms. The van der Waals surface area contributed by atoms with Gasteiger partial charge in [0.2, 0.25) is 0 Å². The van der Waals surface area contributed by atoms with Gasteiger partial charge in [0.05, 0.1) is 16.7 Å². The molecule has 0 bridgehead atoms.